The number of ether oxygens (including phenoxy) is 1. The van der Waals surface area contributed by atoms with Gasteiger partial charge < -0.3 is 14.1 Å². The minimum absolute atomic E-state index is 0.107. The Morgan fingerprint density at radius 1 is 1.08 bits per heavy atom. The molecule has 1 heterocycles. The van der Waals surface area contributed by atoms with Gasteiger partial charge in [0.25, 0.3) is 5.91 Å². The predicted molar refractivity (Wildman–Crippen MR) is 96.4 cm³/mol. The Kier molecular flexibility index (Phi) is 5.01. The molecule has 0 unspecified atom stereocenters. The summed E-state index contributed by atoms with van der Waals surface area (Å²) in [6.45, 7) is 0.347. The van der Waals surface area contributed by atoms with Crippen molar-refractivity contribution in [2.45, 2.75) is 6.54 Å². The number of furan rings is 1. The lowest BCUT2D eigenvalue weighted by atomic mass is 10.1. The number of methoxy groups -OCH3 is 1. The summed E-state index contributed by atoms with van der Waals surface area (Å²) in [6, 6.07) is 18.4. The van der Waals surface area contributed by atoms with Gasteiger partial charge in [-0.05, 0) is 64.5 Å². The zero-order valence-corrected chi connectivity index (χ0v) is 14.7. The third-order valence-electron chi connectivity index (χ3n) is 3.63. The van der Waals surface area contributed by atoms with Crippen molar-refractivity contribution in [3.8, 4) is 5.75 Å². The molecule has 1 aromatic heterocycles. The van der Waals surface area contributed by atoms with E-state index in [1.807, 2.05) is 54.6 Å². The SMILES string of the molecule is COc1ccc(N(Cc2ccco2)C(=O)c2ccccc2Br)cc1. The average molecular weight is 386 g/mol. The molecule has 5 heteroatoms. The van der Waals surface area contributed by atoms with Crippen molar-refractivity contribution in [2.24, 2.45) is 0 Å². The van der Waals surface area contributed by atoms with Gasteiger partial charge in [0.1, 0.15) is 11.5 Å². The number of carbonyl (C=O) groups is 1. The number of carbonyl (C=O) groups excluding carboxylic acids is 1. The van der Waals surface area contributed by atoms with E-state index in [0.29, 0.717) is 17.9 Å². The lowest BCUT2D eigenvalue weighted by Crippen LogP contribution is -2.30. The van der Waals surface area contributed by atoms with Gasteiger partial charge in [0.15, 0.2) is 0 Å². The molecule has 122 valence electrons. The first-order chi connectivity index (χ1) is 11.7. The Morgan fingerprint density at radius 3 is 2.46 bits per heavy atom. The Hall–Kier alpha value is -2.53. The van der Waals surface area contributed by atoms with Gasteiger partial charge in [0, 0.05) is 10.2 Å². The minimum Gasteiger partial charge on any atom is -0.497 e. The molecule has 1 amide bonds. The van der Waals surface area contributed by atoms with Crippen LogP contribution in [0.1, 0.15) is 16.1 Å². The zero-order chi connectivity index (χ0) is 16.9. The molecule has 0 saturated carbocycles. The highest BCUT2D eigenvalue weighted by atomic mass is 79.9. The topological polar surface area (TPSA) is 42.7 Å². The largest absolute Gasteiger partial charge is 0.497 e. The Labute approximate surface area is 148 Å². The van der Waals surface area contributed by atoms with Crippen LogP contribution in [0.25, 0.3) is 0 Å². The second-order valence-corrected chi connectivity index (χ2v) is 6.00. The van der Waals surface area contributed by atoms with Gasteiger partial charge in [0.2, 0.25) is 0 Å². The summed E-state index contributed by atoms with van der Waals surface area (Å²) >= 11 is 3.45. The van der Waals surface area contributed by atoms with Crippen LogP contribution < -0.4 is 9.64 Å². The van der Waals surface area contributed by atoms with Gasteiger partial charge in [-0.2, -0.15) is 0 Å². The van der Waals surface area contributed by atoms with E-state index in [4.69, 9.17) is 9.15 Å². The summed E-state index contributed by atoms with van der Waals surface area (Å²) in [5, 5.41) is 0. The molecule has 0 radical (unpaired) electrons. The molecule has 0 fully saturated rings. The summed E-state index contributed by atoms with van der Waals surface area (Å²) in [6.07, 6.45) is 1.60. The maximum Gasteiger partial charge on any atom is 0.259 e. The van der Waals surface area contributed by atoms with E-state index in [9.17, 15) is 4.79 Å². The highest BCUT2D eigenvalue weighted by Gasteiger charge is 2.21. The van der Waals surface area contributed by atoms with E-state index in [1.165, 1.54) is 0 Å². The molecule has 0 N–H and O–H groups in total. The molecule has 3 aromatic rings. The number of amides is 1. The fourth-order valence-electron chi connectivity index (χ4n) is 2.38. The predicted octanol–water partition coefficient (Wildman–Crippen LogP) is 4.90. The maximum atomic E-state index is 13.1. The first-order valence-corrected chi connectivity index (χ1v) is 8.21. The summed E-state index contributed by atoms with van der Waals surface area (Å²) in [7, 11) is 1.61. The van der Waals surface area contributed by atoms with E-state index in [-0.39, 0.29) is 5.91 Å². The number of hydrogen-bond acceptors (Lipinski definition) is 3. The monoisotopic (exact) mass is 385 g/mol. The molecule has 3 rings (SSSR count). The van der Waals surface area contributed by atoms with E-state index < -0.39 is 0 Å². The Morgan fingerprint density at radius 2 is 1.83 bits per heavy atom. The van der Waals surface area contributed by atoms with Gasteiger partial charge >= 0.3 is 0 Å². The normalized spacial score (nSPS) is 10.4. The van der Waals surface area contributed by atoms with Gasteiger partial charge in [-0.15, -0.1) is 0 Å². The number of benzene rings is 2. The number of anilines is 1. The third-order valence-corrected chi connectivity index (χ3v) is 4.32. The van der Waals surface area contributed by atoms with Gasteiger partial charge in [-0.25, -0.2) is 0 Å². The molecular formula is C19H16BrNO3. The molecular weight excluding hydrogens is 370 g/mol. The minimum atomic E-state index is -0.107. The first kappa shape index (κ1) is 16.3. The number of nitrogens with zero attached hydrogens (tertiary/aromatic N) is 1. The molecule has 0 aliphatic rings. The van der Waals surface area contributed by atoms with Gasteiger partial charge in [0.05, 0.1) is 25.5 Å². The van der Waals surface area contributed by atoms with Crippen LogP contribution in [0, 0.1) is 0 Å². The van der Waals surface area contributed by atoms with Crippen molar-refractivity contribution in [1.29, 1.82) is 0 Å². The molecule has 0 atom stereocenters. The quantitative estimate of drug-likeness (QED) is 0.627. The van der Waals surface area contributed by atoms with Crippen LogP contribution in [0.5, 0.6) is 5.75 Å². The number of hydrogen-bond donors (Lipinski definition) is 0. The molecule has 24 heavy (non-hydrogen) atoms. The lowest BCUT2D eigenvalue weighted by Gasteiger charge is -2.22. The van der Waals surface area contributed by atoms with Crippen LogP contribution in [0.15, 0.2) is 75.8 Å². The molecule has 0 saturated heterocycles. The van der Waals surface area contributed by atoms with Crippen molar-refractivity contribution in [1.82, 2.24) is 0 Å². The van der Waals surface area contributed by atoms with Crippen molar-refractivity contribution in [2.75, 3.05) is 12.0 Å². The van der Waals surface area contributed by atoms with Crippen LogP contribution in [0.3, 0.4) is 0 Å². The van der Waals surface area contributed by atoms with E-state index >= 15 is 0 Å². The van der Waals surface area contributed by atoms with E-state index in [1.54, 1.807) is 24.3 Å². The summed E-state index contributed by atoms with van der Waals surface area (Å²) in [5.41, 5.74) is 1.37. The highest BCUT2D eigenvalue weighted by Crippen LogP contribution is 2.26. The molecule has 4 nitrogen and oxygen atoms in total. The molecule has 0 bridgehead atoms. The van der Waals surface area contributed by atoms with E-state index in [2.05, 4.69) is 15.9 Å². The zero-order valence-electron chi connectivity index (χ0n) is 13.1. The summed E-state index contributed by atoms with van der Waals surface area (Å²) in [5.74, 6) is 1.35. The van der Waals surface area contributed by atoms with Crippen LogP contribution in [-0.4, -0.2) is 13.0 Å². The number of rotatable bonds is 5. The maximum absolute atomic E-state index is 13.1. The average Bonchev–Trinajstić information content (AvgIpc) is 3.13. The molecule has 0 spiro atoms. The summed E-state index contributed by atoms with van der Waals surface area (Å²) < 4.78 is 11.4. The van der Waals surface area contributed by atoms with Crippen LogP contribution >= 0.6 is 15.9 Å². The van der Waals surface area contributed by atoms with Crippen molar-refractivity contribution in [3.05, 3.63) is 82.7 Å². The van der Waals surface area contributed by atoms with Crippen molar-refractivity contribution >= 4 is 27.5 Å². The second-order valence-electron chi connectivity index (χ2n) is 5.15. The van der Waals surface area contributed by atoms with Crippen LogP contribution in [0.4, 0.5) is 5.69 Å². The third kappa shape index (κ3) is 3.51. The first-order valence-electron chi connectivity index (χ1n) is 7.42. The highest BCUT2D eigenvalue weighted by molar-refractivity contribution is 9.10. The second kappa shape index (κ2) is 7.36. The van der Waals surface area contributed by atoms with Crippen LogP contribution in [0.2, 0.25) is 0 Å². The fraction of sp³-hybridized carbons (Fsp3) is 0.105. The van der Waals surface area contributed by atoms with Gasteiger partial charge in [-0.1, -0.05) is 12.1 Å². The molecule has 0 aliphatic carbocycles. The Balaban J connectivity index is 1.97. The summed E-state index contributed by atoms with van der Waals surface area (Å²) in [4.78, 5) is 14.7. The lowest BCUT2D eigenvalue weighted by molar-refractivity contribution is 0.0982. The van der Waals surface area contributed by atoms with Crippen LogP contribution in [-0.2, 0) is 6.54 Å². The molecule has 2 aromatic carbocycles. The van der Waals surface area contributed by atoms with Crippen molar-refractivity contribution < 1.29 is 13.9 Å². The van der Waals surface area contributed by atoms with Crippen molar-refractivity contribution in [3.63, 3.8) is 0 Å². The fourth-order valence-corrected chi connectivity index (χ4v) is 2.84. The Bertz CT molecular complexity index is 813. The van der Waals surface area contributed by atoms with Gasteiger partial charge in [-0.3, -0.25) is 4.79 Å². The molecule has 0 aliphatic heterocycles. The number of halogens is 1. The van der Waals surface area contributed by atoms with E-state index in [0.717, 1.165) is 15.9 Å². The standard InChI is InChI=1S/C19H16BrNO3/c1-23-15-10-8-14(9-11-15)21(13-16-5-4-12-24-16)19(22)17-6-2-3-7-18(17)20/h2-12H,13H2,1H3. The smallest absolute Gasteiger partial charge is 0.259 e.